The third-order valence-electron chi connectivity index (χ3n) is 5.75. The number of amides is 1. The van der Waals surface area contributed by atoms with E-state index in [0.717, 1.165) is 57.3 Å². The van der Waals surface area contributed by atoms with Crippen LogP contribution >= 0.6 is 0 Å². The summed E-state index contributed by atoms with van der Waals surface area (Å²) in [7, 11) is 0. The molecular formula is C17H27N5O. The molecule has 6 heteroatoms. The number of carbonyl (C=O) groups is 1. The van der Waals surface area contributed by atoms with E-state index in [0.29, 0.717) is 5.92 Å². The molecule has 126 valence electrons. The van der Waals surface area contributed by atoms with E-state index in [1.54, 1.807) is 0 Å². The summed E-state index contributed by atoms with van der Waals surface area (Å²) in [5.74, 6) is 3.88. The van der Waals surface area contributed by atoms with Crippen molar-refractivity contribution in [2.45, 2.75) is 64.6 Å². The van der Waals surface area contributed by atoms with Gasteiger partial charge in [-0.2, -0.15) is 0 Å². The van der Waals surface area contributed by atoms with Crippen LogP contribution < -0.4 is 0 Å². The van der Waals surface area contributed by atoms with Crippen molar-refractivity contribution in [2.75, 3.05) is 19.6 Å². The van der Waals surface area contributed by atoms with Gasteiger partial charge in [0.1, 0.15) is 11.6 Å². The molecule has 3 heterocycles. The molecule has 2 aliphatic heterocycles. The van der Waals surface area contributed by atoms with Crippen molar-refractivity contribution in [1.29, 1.82) is 0 Å². The van der Waals surface area contributed by atoms with Gasteiger partial charge in [-0.15, -0.1) is 10.2 Å². The predicted octanol–water partition coefficient (Wildman–Crippen LogP) is 1.62. The van der Waals surface area contributed by atoms with Crippen LogP contribution in [0.3, 0.4) is 0 Å². The second kappa shape index (κ2) is 5.89. The van der Waals surface area contributed by atoms with E-state index >= 15 is 0 Å². The molecule has 0 radical (unpaired) electrons. The van der Waals surface area contributed by atoms with Crippen molar-refractivity contribution < 1.29 is 4.79 Å². The van der Waals surface area contributed by atoms with Gasteiger partial charge in [0.2, 0.25) is 5.91 Å². The standard InChI is InChI=1S/C17H27N5O/c1-12-5-7-20(8-6-12)17(23)13(2)21-9-10-22-15(11-21)18-19-16(22)14-3-4-14/h12-14H,3-11H2,1-2H3. The van der Waals surface area contributed by atoms with Crippen LogP contribution in [-0.4, -0.2) is 56.1 Å². The summed E-state index contributed by atoms with van der Waals surface area (Å²) in [6.45, 7) is 8.75. The zero-order valence-corrected chi connectivity index (χ0v) is 14.2. The topological polar surface area (TPSA) is 54.3 Å². The molecule has 0 N–H and O–H groups in total. The summed E-state index contributed by atoms with van der Waals surface area (Å²) < 4.78 is 2.29. The third kappa shape index (κ3) is 2.89. The zero-order valence-electron chi connectivity index (χ0n) is 14.2. The molecule has 23 heavy (non-hydrogen) atoms. The van der Waals surface area contributed by atoms with Gasteiger partial charge < -0.3 is 9.47 Å². The van der Waals surface area contributed by atoms with Crippen LogP contribution in [0.2, 0.25) is 0 Å². The minimum Gasteiger partial charge on any atom is -0.341 e. The van der Waals surface area contributed by atoms with Gasteiger partial charge in [0.25, 0.3) is 0 Å². The second-order valence-electron chi connectivity index (χ2n) is 7.55. The first kappa shape index (κ1) is 15.1. The van der Waals surface area contributed by atoms with E-state index in [2.05, 4.69) is 31.5 Å². The number of carbonyl (C=O) groups excluding carboxylic acids is 1. The van der Waals surface area contributed by atoms with E-state index in [1.807, 2.05) is 6.92 Å². The summed E-state index contributed by atoms with van der Waals surface area (Å²) in [6, 6.07) is -0.0572. The highest BCUT2D eigenvalue weighted by atomic mass is 16.2. The Morgan fingerprint density at radius 3 is 2.52 bits per heavy atom. The largest absolute Gasteiger partial charge is 0.341 e. The number of nitrogens with zero attached hydrogens (tertiary/aromatic N) is 5. The summed E-state index contributed by atoms with van der Waals surface area (Å²) in [5, 5.41) is 8.77. The predicted molar refractivity (Wildman–Crippen MR) is 86.8 cm³/mol. The molecule has 1 aliphatic carbocycles. The van der Waals surface area contributed by atoms with Crippen molar-refractivity contribution in [2.24, 2.45) is 5.92 Å². The van der Waals surface area contributed by atoms with E-state index < -0.39 is 0 Å². The molecule has 0 aromatic carbocycles. The first-order valence-corrected chi connectivity index (χ1v) is 9.08. The van der Waals surface area contributed by atoms with E-state index in [9.17, 15) is 4.79 Å². The summed E-state index contributed by atoms with van der Waals surface area (Å²) >= 11 is 0. The summed E-state index contributed by atoms with van der Waals surface area (Å²) in [5.41, 5.74) is 0. The van der Waals surface area contributed by atoms with Crippen molar-refractivity contribution in [3.63, 3.8) is 0 Å². The highest BCUT2D eigenvalue weighted by Crippen LogP contribution is 2.39. The van der Waals surface area contributed by atoms with Gasteiger partial charge in [0, 0.05) is 32.1 Å². The molecule has 1 unspecified atom stereocenters. The van der Waals surface area contributed by atoms with Gasteiger partial charge in [-0.25, -0.2) is 0 Å². The molecule has 1 aromatic heterocycles. The SMILES string of the molecule is CC1CCN(C(=O)C(C)N2CCn3c(nnc3C3CC3)C2)CC1. The number of hydrogen-bond donors (Lipinski definition) is 0. The lowest BCUT2D eigenvalue weighted by molar-refractivity contribution is -0.138. The third-order valence-corrected chi connectivity index (χ3v) is 5.75. The van der Waals surface area contributed by atoms with Crippen LogP contribution in [0.15, 0.2) is 0 Å². The number of fused-ring (bicyclic) bond motifs is 1. The Balaban J connectivity index is 1.41. The molecule has 1 atom stereocenters. The first-order chi connectivity index (χ1) is 11.1. The van der Waals surface area contributed by atoms with Gasteiger partial charge in [-0.3, -0.25) is 9.69 Å². The highest BCUT2D eigenvalue weighted by Gasteiger charge is 2.35. The van der Waals surface area contributed by atoms with Crippen molar-refractivity contribution in [1.82, 2.24) is 24.6 Å². The molecule has 0 spiro atoms. The van der Waals surface area contributed by atoms with E-state index in [-0.39, 0.29) is 11.9 Å². The van der Waals surface area contributed by atoms with Crippen LogP contribution in [0.4, 0.5) is 0 Å². The van der Waals surface area contributed by atoms with E-state index in [4.69, 9.17) is 0 Å². The quantitative estimate of drug-likeness (QED) is 0.850. The second-order valence-corrected chi connectivity index (χ2v) is 7.55. The molecule has 1 saturated heterocycles. The normalized spacial score (nSPS) is 24.5. The fourth-order valence-electron chi connectivity index (χ4n) is 3.82. The minimum atomic E-state index is -0.0572. The smallest absolute Gasteiger partial charge is 0.239 e. The van der Waals surface area contributed by atoms with Crippen LogP contribution in [0.5, 0.6) is 0 Å². The fourth-order valence-corrected chi connectivity index (χ4v) is 3.82. The molecule has 3 aliphatic rings. The van der Waals surface area contributed by atoms with Crippen LogP contribution in [0.25, 0.3) is 0 Å². The molecule has 1 aromatic rings. The van der Waals surface area contributed by atoms with Gasteiger partial charge in [0.05, 0.1) is 12.6 Å². The molecule has 4 rings (SSSR count). The molecule has 2 fully saturated rings. The van der Waals surface area contributed by atoms with Crippen LogP contribution in [0, 0.1) is 5.92 Å². The Bertz CT molecular complexity index is 586. The van der Waals surface area contributed by atoms with Gasteiger partial charge in [-0.05, 0) is 38.5 Å². The first-order valence-electron chi connectivity index (χ1n) is 9.08. The average Bonchev–Trinajstić information content (AvgIpc) is 3.33. The Morgan fingerprint density at radius 1 is 1.09 bits per heavy atom. The number of aromatic nitrogens is 3. The van der Waals surface area contributed by atoms with Crippen molar-refractivity contribution in [3.05, 3.63) is 11.6 Å². The maximum atomic E-state index is 12.8. The maximum Gasteiger partial charge on any atom is 0.239 e. The van der Waals surface area contributed by atoms with Crippen molar-refractivity contribution in [3.8, 4) is 0 Å². The Hall–Kier alpha value is -1.43. The lowest BCUT2D eigenvalue weighted by atomic mass is 9.98. The molecule has 1 saturated carbocycles. The number of likely N-dealkylation sites (tertiary alicyclic amines) is 1. The summed E-state index contributed by atoms with van der Waals surface area (Å²) in [6.07, 6.45) is 4.78. The maximum absolute atomic E-state index is 12.8. The van der Waals surface area contributed by atoms with Gasteiger partial charge >= 0.3 is 0 Å². The molecule has 0 bridgehead atoms. The van der Waals surface area contributed by atoms with E-state index in [1.165, 1.54) is 18.7 Å². The Morgan fingerprint density at radius 2 is 1.83 bits per heavy atom. The van der Waals surface area contributed by atoms with Crippen molar-refractivity contribution >= 4 is 5.91 Å². The molecule has 6 nitrogen and oxygen atoms in total. The average molecular weight is 317 g/mol. The molecule has 1 amide bonds. The summed E-state index contributed by atoms with van der Waals surface area (Å²) in [4.78, 5) is 17.1. The number of hydrogen-bond acceptors (Lipinski definition) is 4. The molecular weight excluding hydrogens is 290 g/mol. The monoisotopic (exact) mass is 317 g/mol. The zero-order chi connectivity index (χ0) is 16.0. The lowest BCUT2D eigenvalue weighted by Crippen LogP contribution is -2.51. The fraction of sp³-hybridized carbons (Fsp3) is 0.824. The Labute approximate surface area is 137 Å². The number of piperidine rings is 1. The highest BCUT2D eigenvalue weighted by molar-refractivity contribution is 5.81. The van der Waals surface area contributed by atoms with Gasteiger partial charge in [0.15, 0.2) is 0 Å². The minimum absolute atomic E-state index is 0.0572. The van der Waals surface area contributed by atoms with Crippen LogP contribution in [-0.2, 0) is 17.9 Å². The van der Waals surface area contributed by atoms with Gasteiger partial charge in [-0.1, -0.05) is 6.92 Å². The Kier molecular flexibility index (Phi) is 3.87. The number of rotatable bonds is 3. The lowest BCUT2D eigenvalue weighted by Gasteiger charge is -2.37. The van der Waals surface area contributed by atoms with Crippen LogP contribution in [0.1, 0.15) is 57.1 Å².